The fourth-order valence-electron chi connectivity index (χ4n) is 8.72. The third kappa shape index (κ3) is 7.78. The number of nitrogens with zero attached hydrogens (tertiary/aromatic N) is 1. The van der Waals surface area contributed by atoms with Crippen LogP contribution in [0.5, 0.6) is 0 Å². The molecule has 2 aromatic rings. The van der Waals surface area contributed by atoms with E-state index in [0.717, 1.165) is 22.6 Å². The summed E-state index contributed by atoms with van der Waals surface area (Å²) in [6.07, 6.45) is 32.4. The van der Waals surface area contributed by atoms with Gasteiger partial charge < -0.3 is 0 Å². The molecule has 0 saturated heterocycles. The van der Waals surface area contributed by atoms with Gasteiger partial charge in [0.2, 0.25) is 0 Å². The molecule has 0 radical (unpaired) electrons. The molecule has 1 heterocycles. The van der Waals surface area contributed by atoms with Crippen LogP contribution in [0.3, 0.4) is 0 Å². The number of benzene rings is 1. The Hall–Kier alpha value is -0.770. The first-order valence-electron chi connectivity index (χ1n) is 17.4. The summed E-state index contributed by atoms with van der Waals surface area (Å²) in [7, 11) is 0.147. The molecule has 218 valence electrons. The van der Waals surface area contributed by atoms with E-state index in [1.807, 2.05) is 0 Å². The Morgan fingerprint density at radius 3 is 1.45 bits per heavy atom. The Labute approximate surface area is 248 Å². The molecule has 0 bridgehead atoms. The highest BCUT2D eigenvalue weighted by molar-refractivity contribution is 7.58. The van der Waals surface area contributed by atoms with Crippen molar-refractivity contribution in [3.63, 3.8) is 0 Å². The Morgan fingerprint density at radius 2 is 0.950 bits per heavy atom. The summed E-state index contributed by atoms with van der Waals surface area (Å²) < 4.78 is 0. The van der Waals surface area contributed by atoms with E-state index >= 15 is 0 Å². The summed E-state index contributed by atoms with van der Waals surface area (Å²) in [6, 6.07) is 16.6. The van der Waals surface area contributed by atoms with Gasteiger partial charge in [-0.3, -0.25) is 4.98 Å². The van der Waals surface area contributed by atoms with Crippen LogP contribution in [0.4, 0.5) is 0 Å². The molecule has 1 aromatic carbocycles. The number of pyridine rings is 1. The van der Waals surface area contributed by atoms with E-state index in [-0.39, 0.29) is 15.8 Å². The van der Waals surface area contributed by atoms with Crippen LogP contribution in [0.15, 0.2) is 42.5 Å². The normalized spacial score (nSPS) is 22.8. The van der Waals surface area contributed by atoms with Crippen molar-refractivity contribution in [3.05, 3.63) is 53.7 Å². The summed E-state index contributed by atoms with van der Waals surface area (Å²) in [6.45, 7) is 0. The number of aromatic nitrogens is 1. The van der Waals surface area contributed by atoms with Gasteiger partial charge in [-0.15, -0.1) is 0 Å². The number of hydrogen-bond donors (Lipinski definition) is 0. The Morgan fingerprint density at radius 1 is 0.500 bits per heavy atom. The van der Waals surface area contributed by atoms with E-state index in [4.69, 9.17) is 4.98 Å². The highest BCUT2D eigenvalue weighted by Crippen LogP contribution is 2.59. The second kappa shape index (κ2) is 15.1. The topological polar surface area (TPSA) is 12.9 Å². The zero-order chi connectivity index (χ0) is 27.0. The lowest BCUT2D eigenvalue weighted by atomic mass is 9.99. The van der Waals surface area contributed by atoms with Crippen LogP contribution in [0.2, 0.25) is 0 Å². The van der Waals surface area contributed by atoms with Crippen molar-refractivity contribution < 1.29 is 0 Å². The van der Waals surface area contributed by atoms with Crippen LogP contribution in [-0.4, -0.2) is 27.6 Å². The fraction of sp³-hybridized carbons (Fsp3) is 0.703. The summed E-state index contributed by atoms with van der Waals surface area (Å²) in [5.74, 6) is 0. The SMILES string of the molecule is c1cc(CP(C2CCCCC2)C2CCCCC2)cc(-c2cccc(CP(C3CCCCC3)C3CCCCC3)n2)c1. The maximum absolute atomic E-state index is 5.39. The van der Waals surface area contributed by atoms with Crippen molar-refractivity contribution in [2.45, 2.75) is 163 Å². The molecule has 4 fully saturated rings. The standard InChI is InChI=1S/C37H55NP2/c1-5-18-33(19-6-1)39(34-20-7-2-8-21-34)28-30-15-13-16-31(27-30)37-26-14-17-32(38-37)29-40(35-22-9-3-10-23-35)36-24-11-4-12-25-36/h13-17,26-27,33-36H,1-12,18-25,28-29H2. The van der Waals surface area contributed by atoms with E-state index in [2.05, 4.69) is 42.5 Å². The molecule has 0 unspecified atom stereocenters. The van der Waals surface area contributed by atoms with Gasteiger partial charge in [-0.05, 0) is 104 Å². The summed E-state index contributed by atoms with van der Waals surface area (Å²) in [5, 5.41) is 0. The smallest absolute Gasteiger partial charge is 0.0705 e. The minimum atomic E-state index is 0.0523. The molecule has 1 aromatic heterocycles. The van der Waals surface area contributed by atoms with Gasteiger partial charge in [-0.1, -0.05) is 117 Å². The predicted octanol–water partition coefficient (Wildman–Crippen LogP) is 12.0. The fourth-order valence-corrected chi connectivity index (χ4v) is 16.2. The van der Waals surface area contributed by atoms with Crippen molar-refractivity contribution in [1.29, 1.82) is 0 Å². The molecule has 0 spiro atoms. The van der Waals surface area contributed by atoms with Crippen LogP contribution < -0.4 is 0 Å². The van der Waals surface area contributed by atoms with Crippen LogP contribution >= 0.6 is 15.8 Å². The highest BCUT2D eigenvalue weighted by atomic mass is 31.1. The maximum Gasteiger partial charge on any atom is 0.0705 e. The van der Waals surface area contributed by atoms with Crippen molar-refractivity contribution in [2.24, 2.45) is 0 Å². The molecule has 4 aliphatic rings. The zero-order valence-electron chi connectivity index (χ0n) is 25.2. The molecule has 1 nitrogen and oxygen atoms in total. The summed E-state index contributed by atoms with van der Waals surface area (Å²) in [4.78, 5) is 5.39. The van der Waals surface area contributed by atoms with Gasteiger partial charge >= 0.3 is 0 Å². The van der Waals surface area contributed by atoms with E-state index in [1.54, 1.807) is 5.56 Å². The molecule has 0 amide bonds. The third-order valence-electron chi connectivity index (χ3n) is 10.9. The quantitative estimate of drug-likeness (QED) is 0.271. The van der Waals surface area contributed by atoms with Crippen LogP contribution in [0.25, 0.3) is 11.3 Å². The summed E-state index contributed by atoms with van der Waals surface area (Å²) in [5.41, 5.74) is 9.61. The molecule has 0 atom stereocenters. The predicted molar refractivity (Wildman–Crippen MR) is 178 cm³/mol. The van der Waals surface area contributed by atoms with Gasteiger partial charge in [-0.2, -0.15) is 0 Å². The lowest BCUT2D eigenvalue weighted by Gasteiger charge is -2.38. The average molecular weight is 576 g/mol. The molecule has 0 aliphatic heterocycles. The van der Waals surface area contributed by atoms with Crippen LogP contribution in [0.1, 0.15) is 140 Å². The first-order chi connectivity index (χ1) is 19.8. The van der Waals surface area contributed by atoms with Crippen molar-refractivity contribution in [1.82, 2.24) is 4.98 Å². The van der Waals surface area contributed by atoms with Crippen LogP contribution in [0, 0.1) is 0 Å². The third-order valence-corrected chi connectivity index (χ3v) is 18.2. The Balaban J connectivity index is 1.19. The minimum Gasteiger partial charge on any atom is -0.252 e. The van der Waals surface area contributed by atoms with Gasteiger partial charge in [-0.25, -0.2) is 0 Å². The highest BCUT2D eigenvalue weighted by Gasteiger charge is 2.32. The molecule has 4 aliphatic carbocycles. The van der Waals surface area contributed by atoms with Gasteiger partial charge in [0.1, 0.15) is 0 Å². The minimum absolute atomic E-state index is 0.0523. The zero-order valence-corrected chi connectivity index (χ0v) is 27.0. The van der Waals surface area contributed by atoms with E-state index in [0.29, 0.717) is 0 Å². The van der Waals surface area contributed by atoms with E-state index < -0.39 is 0 Å². The number of rotatable bonds is 9. The Bertz CT molecular complexity index is 908. The van der Waals surface area contributed by atoms with Crippen LogP contribution in [-0.2, 0) is 12.3 Å². The average Bonchev–Trinajstić information content (AvgIpc) is 3.04. The lowest BCUT2D eigenvalue weighted by Crippen LogP contribution is -2.21. The van der Waals surface area contributed by atoms with E-state index in [9.17, 15) is 0 Å². The molecule has 4 saturated carbocycles. The second-order valence-corrected chi connectivity index (χ2v) is 19.3. The summed E-state index contributed by atoms with van der Waals surface area (Å²) >= 11 is 0. The maximum atomic E-state index is 5.39. The molecular weight excluding hydrogens is 520 g/mol. The van der Waals surface area contributed by atoms with Crippen molar-refractivity contribution in [3.8, 4) is 11.3 Å². The number of hydrogen-bond acceptors (Lipinski definition) is 1. The van der Waals surface area contributed by atoms with Crippen molar-refractivity contribution in [2.75, 3.05) is 0 Å². The van der Waals surface area contributed by atoms with Gasteiger partial charge in [0.05, 0.1) is 5.69 Å². The monoisotopic (exact) mass is 575 g/mol. The molecule has 40 heavy (non-hydrogen) atoms. The molecule has 6 rings (SSSR count). The van der Waals surface area contributed by atoms with Gasteiger partial charge in [0, 0.05) is 17.4 Å². The molecular formula is C37H55NP2. The van der Waals surface area contributed by atoms with Crippen molar-refractivity contribution >= 4 is 15.8 Å². The first-order valence-corrected chi connectivity index (χ1v) is 20.7. The largest absolute Gasteiger partial charge is 0.252 e. The van der Waals surface area contributed by atoms with Gasteiger partial charge in [0.15, 0.2) is 0 Å². The molecule has 0 N–H and O–H groups in total. The lowest BCUT2D eigenvalue weighted by molar-refractivity contribution is 0.484. The van der Waals surface area contributed by atoms with Gasteiger partial charge in [0.25, 0.3) is 0 Å². The Kier molecular flexibility index (Phi) is 11.1. The van der Waals surface area contributed by atoms with E-state index in [1.165, 1.54) is 158 Å². The first kappa shape index (κ1) is 29.3. The molecule has 3 heteroatoms. The second-order valence-electron chi connectivity index (χ2n) is 13.7.